The van der Waals surface area contributed by atoms with E-state index >= 15 is 0 Å². The molecule has 1 saturated heterocycles. The number of anilines is 1. The predicted octanol–water partition coefficient (Wildman–Crippen LogP) is 2.59. The number of piperidine rings is 1. The molecule has 2 rings (SSSR count). The van der Waals surface area contributed by atoms with Crippen LogP contribution in [0.2, 0.25) is 5.02 Å². The quantitative estimate of drug-likeness (QED) is 0.850. The van der Waals surface area contributed by atoms with Crippen molar-refractivity contribution in [2.45, 2.75) is 19.8 Å². The Labute approximate surface area is 107 Å². The molecule has 1 aromatic carbocycles. The molecule has 0 radical (unpaired) electrons. The van der Waals surface area contributed by atoms with Gasteiger partial charge in [0.25, 0.3) is 0 Å². The molecule has 4 heteroatoms. The van der Waals surface area contributed by atoms with Crippen LogP contribution in [0.3, 0.4) is 0 Å². The van der Waals surface area contributed by atoms with E-state index in [1.54, 1.807) is 0 Å². The Morgan fingerprint density at radius 3 is 2.76 bits per heavy atom. The summed E-state index contributed by atoms with van der Waals surface area (Å²) < 4.78 is 0. The summed E-state index contributed by atoms with van der Waals surface area (Å²) in [5.74, 6) is 0.186. The zero-order valence-corrected chi connectivity index (χ0v) is 10.7. The first-order valence-electron chi connectivity index (χ1n) is 5.94. The summed E-state index contributed by atoms with van der Waals surface area (Å²) in [5, 5.41) is 6.76. The van der Waals surface area contributed by atoms with E-state index in [4.69, 9.17) is 11.6 Å². The van der Waals surface area contributed by atoms with E-state index < -0.39 is 0 Å². The van der Waals surface area contributed by atoms with Gasteiger partial charge in [0.05, 0.1) is 10.7 Å². The molecule has 3 nitrogen and oxygen atoms in total. The maximum atomic E-state index is 12.0. The molecule has 0 aliphatic carbocycles. The highest BCUT2D eigenvalue weighted by molar-refractivity contribution is 6.33. The van der Waals surface area contributed by atoms with Crippen LogP contribution in [0.15, 0.2) is 18.2 Å². The van der Waals surface area contributed by atoms with Crippen LogP contribution in [0.4, 0.5) is 5.69 Å². The van der Waals surface area contributed by atoms with E-state index in [9.17, 15) is 4.79 Å². The van der Waals surface area contributed by atoms with Crippen LogP contribution in [-0.2, 0) is 4.79 Å². The van der Waals surface area contributed by atoms with Crippen molar-refractivity contribution in [2.75, 3.05) is 18.4 Å². The minimum atomic E-state index is 0.0808. The van der Waals surface area contributed by atoms with Gasteiger partial charge in [-0.2, -0.15) is 0 Å². The van der Waals surface area contributed by atoms with Crippen molar-refractivity contribution in [3.63, 3.8) is 0 Å². The van der Waals surface area contributed by atoms with E-state index in [0.717, 1.165) is 31.5 Å². The summed E-state index contributed by atoms with van der Waals surface area (Å²) in [5.41, 5.74) is 1.80. The van der Waals surface area contributed by atoms with Crippen LogP contribution in [0.1, 0.15) is 18.4 Å². The molecule has 1 aromatic rings. The average molecular weight is 253 g/mol. The summed E-state index contributed by atoms with van der Waals surface area (Å²) in [6.45, 7) is 3.81. The largest absolute Gasteiger partial charge is 0.325 e. The lowest BCUT2D eigenvalue weighted by Crippen LogP contribution is -2.34. The molecule has 1 aliphatic heterocycles. The van der Waals surface area contributed by atoms with Crippen molar-refractivity contribution in [1.82, 2.24) is 5.32 Å². The maximum Gasteiger partial charge on any atom is 0.227 e. The van der Waals surface area contributed by atoms with E-state index in [1.165, 1.54) is 0 Å². The monoisotopic (exact) mass is 252 g/mol. The third-order valence-corrected chi connectivity index (χ3v) is 3.41. The molecule has 17 heavy (non-hydrogen) atoms. The SMILES string of the molecule is Cc1ccc(NC(=O)C2CCNCC2)c(Cl)c1. The highest BCUT2D eigenvalue weighted by Gasteiger charge is 2.21. The summed E-state index contributed by atoms with van der Waals surface area (Å²) in [7, 11) is 0. The zero-order valence-electron chi connectivity index (χ0n) is 9.92. The van der Waals surface area contributed by atoms with Crippen LogP contribution in [0.5, 0.6) is 0 Å². The van der Waals surface area contributed by atoms with Gasteiger partial charge < -0.3 is 10.6 Å². The van der Waals surface area contributed by atoms with Crippen molar-refractivity contribution >= 4 is 23.2 Å². The van der Waals surface area contributed by atoms with Crippen molar-refractivity contribution in [1.29, 1.82) is 0 Å². The third-order valence-electron chi connectivity index (χ3n) is 3.09. The Hall–Kier alpha value is -1.06. The minimum absolute atomic E-state index is 0.0808. The molecular formula is C13H17ClN2O. The number of hydrogen-bond donors (Lipinski definition) is 2. The molecule has 2 N–H and O–H groups in total. The van der Waals surface area contributed by atoms with Gasteiger partial charge in [-0.15, -0.1) is 0 Å². The number of aryl methyl sites for hydroxylation is 1. The Bertz CT molecular complexity index is 414. The summed E-state index contributed by atoms with van der Waals surface area (Å²) in [4.78, 5) is 12.0. The fraction of sp³-hybridized carbons (Fsp3) is 0.462. The van der Waals surface area contributed by atoms with Gasteiger partial charge >= 0.3 is 0 Å². The number of nitrogens with one attached hydrogen (secondary N) is 2. The fourth-order valence-electron chi connectivity index (χ4n) is 2.04. The lowest BCUT2D eigenvalue weighted by molar-refractivity contribution is -0.120. The first kappa shape index (κ1) is 12.4. The molecule has 92 valence electrons. The van der Waals surface area contributed by atoms with Crippen LogP contribution >= 0.6 is 11.6 Å². The molecule has 0 spiro atoms. The van der Waals surface area contributed by atoms with Crippen molar-refractivity contribution < 1.29 is 4.79 Å². The lowest BCUT2D eigenvalue weighted by Gasteiger charge is -2.22. The van der Waals surface area contributed by atoms with Crippen LogP contribution in [-0.4, -0.2) is 19.0 Å². The Balaban J connectivity index is 2.02. The number of halogens is 1. The number of rotatable bonds is 2. The van der Waals surface area contributed by atoms with Gasteiger partial charge in [0, 0.05) is 5.92 Å². The highest BCUT2D eigenvalue weighted by Crippen LogP contribution is 2.24. The van der Waals surface area contributed by atoms with Gasteiger partial charge in [-0.25, -0.2) is 0 Å². The summed E-state index contributed by atoms with van der Waals surface area (Å²) in [6.07, 6.45) is 1.80. The minimum Gasteiger partial charge on any atom is -0.325 e. The molecule has 1 aliphatic rings. The molecule has 1 heterocycles. The summed E-state index contributed by atoms with van der Waals surface area (Å²) >= 11 is 6.09. The Morgan fingerprint density at radius 1 is 1.41 bits per heavy atom. The number of benzene rings is 1. The first-order chi connectivity index (χ1) is 8.16. The van der Waals surface area contributed by atoms with Crippen molar-refractivity contribution in [3.05, 3.63) is 28.8 Å². The molecule has 0 aromatic heterocycles. The Morgan fingerprint density at radius 2 is 2.12 bits per heavy atom. The molecule has 0 unspecified atom stereocenters. The maximum absolute atomic E-state index is 12.0. The second kappa shape index (κ2) is 5.52. The molecule has 1 amide bonds. The fourth-order valence-corrected chi connectivity index (χ4v) is 2.32. The van der Waals surface area contributed by atoms with E-state index in [-0.39, 0.29) is 11.8 Å². The number of amides is 1. The van der Waals surface area contributed by atoms with Gasteiger partial charge in [0.1, 0.15) is 0 Å². The smallest absolute Gasteiger partial charge is 0.227 e. The normalized spacial score (nSPS) is 16.8. The first-order valence-corrected chi connectivity index (χ1v) is 6.32. The summed E-state index contributed by atoms with van der Waals surface area (Å²) in [6, 6.07) is 5.67. The molecule has 1 fully saturated rings. The predicted molar refractivity (Wildman–Crippen MR) is 70.4 cm³/mol. The molecular weight excluding hydrogens is 236 g/mol. The van der Waals surface area contributed by atoms with Crippen LogP contribution in [0.25, 0.3) is 0 Å². The second-order valence-electron chi connectivity index (χ2n) is 4.50. The van der Waals surface area contributed by atoms with Crippen LogP contribution < -0.4 is 10.6 Å². The number of carbonyl (C=O) groups is 1. The third kappa shape index (κ3) is 3.20. The Kier molecular flexibility index (Phi) is 4.02. The van der Waals surface area contributed by atoms with Crippen LogP contribution in [0, 0.1) is 12.8 Å². The van der Waals surface area contributed by atoms with E-state index in [2.05, 4.69) is 10.6 Å². The van der Waals surface area contributed by atoms with Gasteiger partial charge in [0.2, 0.25) is 5.91 Å². The highest BCUT2D eigenvalue weighted by atomic mass is 35.5. The van der Waals surface area contributed by atoms with Crippen molar-refractivity contribution in [2.24, 2.45) is 5.92 Å². The standard InChI is InChI=1S/C13H17ClN2O/c1-9-2-3-12(11(14)8-9)16-13(17)10-4-6-15-7-5-10/h2-3,8,10,15H,4-7H2,1H3,(H,16,17). The van der Waals surface area contributed by atoms with Gasteiger partial charge in [-0.1, -0.05) is 17.7 Å². The topological polar surface area (TPSA) is 41.1 Å². The van der Waals surface area contributed by atoms with E-state index in [1.807, 2.05) is 25.1 Å². The zero-order chi connectivity index (χ0) is 12.3. The van der Waals surface area contributed by atoms with E-state index in [0.29, 0.717) is 10.7 Å². The molecule has 0 bridgehead atoms. The second-order valence-corrected chi connectivity index (χ2v) is 4.90. The van der Waals surface area contributed by atoms with Crippen molar-refractivity contribution in [3.8, 4) is 0 Å². The van der Waals surface area contributed by atoms with Gasteiger partial charge in [0.15, 0.2) is 0 Å². The average Bonchev–Trinajstić information content (AvgIpc) is 2.34. The number of carbonyl (C=O) groups excluding carboxylic acids is 1. The van der Waals surface area contributed by atoms with Gasteiger partial charge in [-0.3, -0.25) is 4.79 Å². The number of hydrogen-bond acceptors (Lipinski definition) is 2. The van der Waals surface area contributed by atoms with Gasteiger partial charge in [-0.05, 0) is 50.6 Å². The molecule has 0 atom stereocenters. The lowest BCUT2D eigenvalue weighted by atomic mass is 9.97. The molecule has 0 saturated carbocycles.